The maximum Gasteiger partial charge on any atom is 0.358 e. The monoisotopic (exact) mass is 277 g/mol. The summed E-state index contributed by atoms with van der Waals surface area (Å²) in [6.45, 7) is 3.17. The normalized spacial score (nSPS) is 22.3. The van der Waals surface area contributed by atoms with E-state index in [4.69, 9.17) is 0 Å². The molecule has 0 aliphatic heterocycles. The Hall–Kier alpha value is -1.65. The van der Waals surface area contributed by atoms with Crippen molar-refractivity contribution < 1.29 is 9.53 Å². The van der Waals surface area contributed by atoms with Gasteiger partial charge in [-0.25, -0.2) is 9.78 Å². The minimum atomic E-state index is -0.454. The Bertz CT molecular complexity index is 442. The van der Waals surface area contributed by atoms with Crippen LogP contribution in [0.15, 0.2) is 12.4 Å². The lowest BCUT2D eigenvalue weighted by Crippen LogP contribution is -2.21. The van der Waals surface area contributed by atoms with Gasteiger partial charge in [0.05, 0.1) is 19.5 Å². The Kier molecular flexibility index (Phi) is 5.32. The lowest BCUT2D eigenvalue weighted by atomic mass is 9.81. The number of esters is 1. The smallest absolute Gasteiger partial charge is 0.358 e. The molecule has 1 aliphatic carbocycles. The van der Waals surface area contributed by atoms with Gasteiger partial charge in [0.2, 0.25) is 0 Å². The van der Waals surface area contributed by atoms with E-state index in [0.29, 0.717) is 11.7 Å². The van der Waals surface area contributed by atoms with Crippen molar-refractivity contribution in [3.05, 3.63) is 18.1 Å². The number of methoxy groups -OCH3 is 1. The van der Waals surface area contributed by atoms with Crippen molar-refractivity contribution >= 4 is 11.8 Å². The SMILES string of the molecule is CCC1CCC(CNc2cncc(C(=O)OC)n2)CC1. The molecule has 1 aromatic rings. The van der Waals surface area contributed by atoms with Gasteiger partial charge >= 0.3 is 5.97 Å². The van der Waals surface area contributed by atoms with Gasteiger partial charge in [0.25, 0.3) is 0 Å². The highest BCUT2D eigenvalue weighted by Gasteiger charge is 2.19. The minimum Gasteiger partial charge on any atom is -0.464 e. The number of aromatic nitrogens is 2. The first-order chi connectivity index (χ1) is 9.72. The summed E-state index contributed by atoms with van der Waals surface area (Å²) in [4.78, 5) is 19.6. The molecule has 0 amide bonds. The van der Waals surface area contributed by atoms with Crippen molar-refractivity contribution in [3.63, 3.8) is 0 Å². The van der Waals surface area contributed by atoms with E-state index in [1.807, 2.05) is 0 Å². The second-order valence-corrected chi connectivity index (χ2v) is 5.46. The zero-order valence-corrected chi connectivity index (χ0v) is 12.3. The number of carbonyl (C=O) groups is 1. The van der Waals surface area contributed by atoms with Gasteiger partial charge in [0.15, 0.2) is 5.69 Å². The maximum atomic E-state index is 11.4. The van der Waals surface area contributed by atoms with Crippen LogP contribution in [0.3, 0.4) is 0 Å². The molecule has 1 saturated carbocycles. The third-order valence-corrected chi connectivity index (χ3v) is 4.14. The van der Waals surface area contributed by atoms with Crippen molar-refractivity contribution in [2.45, 2.75) is 39.0 Å². The fourth-order valence-electron chi connectivity index (χ4n) is 2.75. The number of carbonyl (C=O) groups excluding carboxylic acids is 1. The van der Waals surface area contributed by atoms with Gasteiger partial charge in [-0.05, 0) is 24.7 Å². The molecule has 2 rings (SSSR count). The highest BCUT2D eigenvalue weighted by Crippen LogP contribution is 2.30. The van der Waals surface area contributed by atoms with Crippen LogP contribution in [0.25, 0.3) is 0 Å². The minimum absolute atomic E-state index is 0.243. The molecule has 0 bridgehead atoms. The maximum absolute atomic E-state index is 11.4. The predicted molar refractivity (Wildman–Crippen MR) is 77.6 cm³/mol. The summed E-state index contributed by atoms with van der Waals surface area (Å²) in [5, 5.41) is 3.29. The molecule has 0 radical (unpaired) electrons. The summed E-state index contributed by atoms with van der Waals surface area (Å²) in [7, 11) is 1.34. The van der Waals surface area contributed by atoms with E-state index < -0.39 is 5.97 Å². The first-order valence-corrected chi connectivity index (χ1v) is 7.37. The molecule has 0 saturated heterocycles. The Labute approximate surface area is 120 Å². The van der Waals surface area contributed by atoms with Crippen LogP contribution in [0.5, 0.6) is 0 Å². The highest BCUT2D eigenvalue weighted by atomic mass is 16.5. The van der Waals surface area contributed by atoms with E-state index in [0.717, 1.165) is 12.5 Å². The van der Waals surface area contributed by atoms with Gasteiger partial charge in [0.1, 0.15) is 5.82 Å². The summed E-state index contributed by atoms with van der Waals surface area (Å²) in [5.74, 6) is 1.80. The molecule has 5 heteroatoms. The second kappa shape index (κ2) is 7.22. The molecule has 5 nitrogen and oxygen atoms in total. The number of ether oxygens (including phenoxy) is 1. The molecular weight excluding hydrogens is 254 g/mol. The predicted octanol–water partition coefficient (Wildman–Crippen LogP) is 2.89. The van der Waals surface area contributed by atoms with Gasteiger partial charge in [-0.15, -0.1) is 0 Å². The number of hydrogen-bond donors (Lipinski definition) is 1. The van der Waals surface area contributed by atoms with Crippen LogP contribution in [-0.4, -0.2) is 29.6 Å². The van der Waals surface area contributed by atoms with Gasteiger partial charge in [-0.1, -0.05) is 26.2 Å². The van der Waals surface area contributed by atoms with Crippen molar-refractivity contribution in [3.8, 4) is 0 Å². The summed E-state index contributed by atoms with van der Waals surface area (Å²) < 4.78 is 4.64. The standard InChI is InChI=1S/C15H23N3O2/c1-3-11-4-6-12(7-5-11)8-17-14-10-16-9-13(18-14)15(19)20-2/h9-12H,3-8H2,1-2H3,(H,17,18). The molecular formula is C15H23N3O2. The third-order valence-electron chi connectivity index (χ3n) is 4.14. The van der Waals surface area contributed by atoms with Crippen molar-refractivity contribution in [2.75, 3.05) is 19.0 Å². The Morgan fingerprint density at radius 2 is 2.00 bits per heavy atom. The number of anilines is 1. The van der Waals surface area contributed by atoms with Crippen molar-refractivity contribution in [1.82, 2.24) is 9.97 Å². The van der Waals surface area contributed by atoms with E-state index in [9.17, 15) is 4.79 Å². The number of rotatable bonds is 5. The van der Waals surface area contributed by atoms with Crippen LogP contribution in [0.1, 0.15) is 49.5 Å². The third kappa shape index (κ3) is 3.92. The fraction of sp³-hybridized carbons (Fsp3) is 0.667. The molecule has 1 heterocycles. The van der Waals surface area contributed by atoms with Crippen molar-refractivity contribution in [1.29, 1.82) is 0 Å². The van der Waals surface area contributed by atoms with Gasteiger partial charge < -0.3 is 10.1 Å². The van der Waals surface area contributed by atoms with Crippen molar-refractivity contribution in [2.24, 2.45) is 11.8 Å². The Balaban J connectivity index is 1.84. The average Bonchev–Trinajstić information content (AvgIpc) is 2.53. The van der Waals surface area contributed by atoms with Crippen LogP contribution < -0.4 is 5.32 Å². The summed E-state index contributed by atoms with van der Waals surface area (Å²) >= 11 is 0. The first-order valence-electron chi connectivity index (χ1n) is 7.37. The quantitative estimate of drug-likeness (QED) is 0.838. The van der Waals surface area contributed by atoms with E-state index in [-0.39, 0.29) is 5.69 Å². The molecule has 1 aliphatic rings. The topological polar surface area (TPSA) is 64.1 Å². The Morgan fingerprint density at radius 1 is 1.30 bits per heavy atom. The van der Waals surface area contributed by atoms with Crippen LogP contribution in [-0.2, 0) is 4.74 Å². The zero-order valence-electron chi connectivity index (χ0n) is 12.3. The lowest BCUT2D eigenvalue weighted by molar-refractivity contribution is 0.0593. The van der Waals surface area contributed by atoms with Crippen LogP contribution in [0.2, 0.25) is 0 Å². The largest absolute Gasteiger partial charge is 0.464 e. The van der Waals surface area contributed by atoms with Gasteiger partial charge in [-0.2, -0.15) is 0 Å². The van der Waals surface area contributed by atoms with Crippen LogP contribution in [0.4, 0.5) is 5.82 Å². The summed E-state index contributed by atoms with van der Waals surface area (Å²) in [6.07, 6.45) is 9.57. The highest BCUT2D eigenvalue weighted by molar-refractivity contribution is 5.87. The van der Waals surface area contributed by atoms with Crippen LogP contribution >= 0.6 is 0 Å². The summed E-state index contributed by atoms with van der Waals surface area (Å²) in [6, 6.07) is 0. The molecule has 110 valence electrons. The van der Waals surface area contributed by atoms with E-state index in [1.165, 1.54) is 45.4 Å². The van der Waals surface area contributed by atoms with Gasteiger partial charge in [0, 0.05) is 6.54 Å². The molecule has 0 aromatic carbocycles. The van der Waals surface area contributed by atoms with E-state index in [2.05, 4.69) is 26.9 Å². The molecule has 1 fully saturated rings. The zero-order chi connectivity index (χ0) is 14.4. The number of nitrogens with one attached hydrogen (secondary N) is 1. The Morgan fingerprint density at radius 3 is 2.65 bits per heavy atom. The summed E-state index contributed by atoms with van der Waals surface area (Å²) in [5.41, 5.74) is 0.243. The average molecular weight is 277 g/mol. The van der Waals surface area contributed by atoms with Crippen LogP contribution in [0, 0.1) is 11.8 Å². The molecule has 1 aromatic heterocycles. The molecule has 0 unspecified atom stereocenters. The van der Waals surface area contributed by atoms with E-state index >= 15 is 0 Å². The second-order valence-electron chi connectivity index (χ2n) is 5.46. The van der Waals surface area contributed by atoms with Gasteiger partial charge in [-0.3, -0.25) is 4.98 Å². The molecule has 20 heavy (non-hydrogen) atoms. The first kappa shape index (κ1) is 14.8. The molecule has 1 N–H and O–H groups in total. The fourth-order valence-corrected chi connectivity index (χ4v) is 2.75. The number of nitrogens with zero attached hydrogens (tertiary/aromatic N) is 2. The molecule has 0 spiro atoms. The molecule has 0 atom stereocenters. The number of hydrogen-bond acceptors (Lipinski definition) is 5. The lowest BCUT2D eigenvalue weighted by Gasteiger charge is -2.27. The van der Waals surface area contributed by atoms with E-state index in [1.54, 1.807) is 6.20 Å².